The molecule has 76 valence electrons. The molecular formula is C11H16N2O. The molecule has 2 N–H and O–H groups in total. The first kappa shape index (κ1) is 9.49. The average Bonchev–Trinajstić information content (AvgIpc) is 2.72. The summed E-state index contributed by atoms with van der Waals surface area (Å²) in [6.07, 6.45) is 1.47. The van der Waals surface area contributed by atoms with Gasteiger partial charge in [0.1, 0.15) is 5.75 Å². The second-order valence-corrected chi connectivity index (χ2v) is 3.51. The molecule has 1 aliphatic heterocycles. The predicted molar refractivity (Wildman–Crippen MR) is 56.5 cm³/mol. The van der Waals surface area contributed by atoms with Crippen molar-refractivity contribution < 1.29 is 4.74 Å². The predicted octanol–water partition coefficient (Wildman–Crippen LogP) is 0.757. The van der Waals surface area contributed by atoms with Crippen LogP contribution >= 0.6 is 0 Å². The van der Waals surface area contributed by atoms with Gasteiger partial charge in [-0.1, -0.05) is 12.1 Å². The number of nitrogens with one attached hydrogen (secondary N) is 2. The van der Waals surface area contributed by atoms with E-state index in [0.717, 1.165) is 25.3 Å². The molecule has 1 aromatic carbocycles. The number of ether oxygens (including phenoxy) is 1. The van der Waals surface area contributed by atoms with E-state index in [-0.39, 0.29) is 0 Å². The standard InChI is InChI=1S/C11H16N2O/c1-14-10-4-2-9(3-5-10)8-11-12-6-7-13-11/h2-5,11-13H,6-8H2,1H3. The first-order valence-electron chi connectivity index (χ1n) is 4.98. The molecule has 0 amide bonds. The summed E-state index contributed by atoms with van der Waals surface area (Å²) >= 11 is 0. The summed E-state index contributed by atoms with van der Waals surface area (Å²) in [5.41, 5.74) is 1.33. The fourth-order valence-electron chi connectivity index (χ4n) is 1.71. The lowest BCUT2D eigenvalue weighted by Crippen LogP contribution is -2.33. The van der Waals surface area contributed by atoms with E-state index in [0.29, 0.717) is 6.17 Å². The van der Waals surface area contributed by atoms with Crippen molar-refractivity contribution in [3.8, 4) is 5.75 Å². The fraction of sp³-hybridized carbons (Fsp3) is 0.455. The van der Waals surface area contributed by atoms with Gasteiger partial charge in [0, 0.05) is 19.5 Å². The smallest absolute Gasteiger partial charge is 0.118 e. The normalized spacial score (nSPS) is 17.2. The molecule has 0 unspecified atom stereocenters. The van der Waals surface area contributed by atoms with E-state index >= 15 is 0 Å². The molecule has 3 nitrogen and oxygen atoms in total. The SMILES string of the molecule is COc1ccc(CC2NCCN2)cc1. The number of methoxy groups -OCH3 is 1. The molecule has 0 radical (unpaired) electrons. The van der Waals surface area contributed by atoms with E-state index in [1.165, 1.54) is 5.56 Å². The van der Waals surface area contributed by atoms with Crippen LogP contribution in [0.2, 0.25) is 0 Å². The van der Waals surface area contributed by atoms with Crippen LogP contribution in [-0.4, -0.2) is 26.4 Å². The Hall–Kier alpha value is -1.06. The Morgan fingerprint density at radius 2 is 1.86 bits per heavy atom. The first-order chi connectivity index (χ1) is 6.88. The monoisotopic (exact) mass is 192 g/mol. The third kappa shape index (κ3) is 2.25. The van der Waals surface area contributed by atoms with Gasteiger partial charge in [0.05, 0.1) is 13.3 Å². The van der Waals surface area contributed by atoms with Crippen molar-refractivity contribution in [1.82, 2.24) is 10.6 Å². The van der Waals surface area contributed by atoms with Crippen LogP contribution in [0.4, 0.5) is 0 Å². The molecule has 1 fully saturated rings. The van der Waals surface area contributed by atoms with Gasteiger partial charge in [0.15, 0.2) is 0 Å². The number of hydrogen-bond donors (Lipinski definition) is 2. The Kier molecular flexibility index (Phi) is 3.01. The third-order valence-electron chi connectivity index (χ3n) is 2.51. The largest absolute Gasteiger partial charge is 0.497 e. The second kappa shape index (κ2) is 4.44. The summed E-state index contributed by atoms with van der Waals surface area (Å²) in [6.45, 7) is 2.14. The molecule has 2 rings (SSSR count). The van der Waals surface area contributed by atoms with Gasteiger partial charge in [0.2, 0.25) is 0 Å². The molecule has 14 heavy (non-hydrogen) atoms. The third-order valence-corrected chi connectivity index (χ3v) is 2.51. The number of rotatable bonds is 3. The van der Waals surface area contributed by atoms with Gasteiger partial charge in [-0.3, -0.25) is 0 Å². The Balaban J connectivity index is 1.95. The Labute approximate surface area is 84.5 Å². The van der Waals surface area contributed by atoms with E-state index in [2.05, 4.69) is 22.8 Å². The van der Waals surface area contributed by atoms with Gasteiger partial charge < -0.3 is 15.4 Å². The molecule has 0 aromatic heterocycles. The van der Waals surface area contributed by atoms with Crippen LogP contribution in [0.1, 0.15) is 5.56 Å². The highest BCUT2D eigenvalue weighted by Crippen LogP contribution is 2.12. The van der Waals surface area contributed by atoms with Crippen LogP contribution in [0.5, 0.6) is 5.75 Å². The van der Waals surface area contributed by atoms with E-state index < -0.39 is 0 Å². The van der Waals surface area contributed by atoms with Gasteiger partial charge in [0.25, 0.3) is 0 Å². The highest BCUT2D eigenvalue weighted by Gasteiger charge is 2.12. The highest BCUT2D eigenvalue weighted by atomic mass is 16.5. The zero-order chi connectivity index (χ0) is 9.80. The number of benzene rings is 1. The molecule has 1 aromatic rings. The molecular weight excluding hydrogens is 176 g/mol. The summed E-state index contributed by atoms with van der Waals surface area (Å²) in [5, 5.41) is 6.78. The minimum absolute atomic E-state index is 0.434. The van der Waals surface area contributed by atoms with Crippen LogP contribution in [-0.2, 0) is 6.42 Å². The van der Waals surface area contributed by atoms with Crippen molar-refractivity contribution in [2.24, 2.45) is 0 Å². The van der Waals surface area contributed by atoms with Crippen LogP contribution in [0, 0.1) is 0 Å². The van der Waals surface area contributed by atoms with Gasteiger partial charge in [-0.05, 0) is 17.7 Å². The lowest BCUT2D eigenvalue weighted by atomic mass is 10.1. The van der Waals surface area contributed by atoms with Crippen LogP contribution in [0.3, 0.4) is 0 Å². The Morgan fingerprint density at radius 3 is 2.43 bits per heavy atom. The maximum absolute atomic E-state index is 5.11. The lowest BCUT2D eigenvalue weighted by Gasteiger charge is -2.10. The zero-order valence-corrected chi connectivity index (χ0v) is 8.42. The minimum atomic E-state index is 0.434. The van der Waals surface area contributed by atoms with Crippen LogP contribution in [0.15, 0.2) is 24.3 Å². The molecule has 0 spiro atoms. The quantitative estimate of drug-likeness (QED) is 0.741. The second-order valence-electron chi connectivity index (χ2n) is 3.51. The van der Waals surface area contributed by atoms with Gasteiger partial charge in [-0.25, -0.2) is 0 Å². The van der Waals surface area contributed by atoms with Crippen molar-refractivity contribution in [3.63, 3.8) is 0 Å². The summed E-state index contributed by atoms with van der Waals surface area (Å²) in [6, 6.07) is 8.23. The molecule has 0 saturated carbocycles. The van der Waals surface area contributed by atoms with Crippen molar-refractivity contribution in [2.75, 3.05) is 20.2 Å². The Bertz CT molecular complexity index is 278. The number of hydrogen-bond acceptors (Lipinski definition) is 3. The topological polar surface area (TPSA) is 33.3 Å². The van der Waals surface area contributed by atoms with E-state index in [1.54, 1.807) is 7.11 Å². The van der Waals surface area contributed by atoms with Crippen molar-refractivity contribution >= 4 is 0 Å². The van der Waals surface area contributed by atoms with Gasteiger partial charge in [-0.15, -0.1) is 0 Å². The molecule has 0 bridgehead atoms. The first-order valence-corrected chi connectivity index (χ1v) is 4.98. The van der Waals surface area contributed by atoms with Crippen LogP contribution < -0.4 is 15.4 Å². The highest BCUT2D eigenvalue weighted by molar-refractivity contribution is 5.27. The molecule has 1 heterocycles. The van der Waals surface area contributed by atoms with Gasteiger partial charge in [-0.2, -0.15) is 0 Å². The summed E-state index contributed by atoms with van der Waals surface area (Å²) < 4.78 is 5.11. The molecule has 0 aliphatic carbocycles. The van der Waals surface area contributed by atoms with Crippen molar-refractivity contribution in [1.29, 1.82) is 0 Å². The molecule has 1 aliphatic rings. The minimum Gasteiger partial charge on any atom is -0.497 e. The summed E-state index contributed by atoms with van der Waals surface area (Å²) in [5.74, 6) is 0.918. The van der Waals surface area contributed by atoms with Gasteiger partial charge >= 0.3 is 0 Å². The maximum atomic E-state index is 5.11. The lowest BCUT2D eigenvalue weighted by molar-refractivity contribution is 0.414. The maximum Gasteiger partial charge on any atom is 0.118 e. The summed E-state index contributed by atoms with van der Waals surface area (Å²) in [7, 11) is 1.69. The molecule has 1 saturated heterocycles. The fourth-order valence-corrected chi connectivity index (χ4v) is 1.71. The van der Waals surface area contributed by atoms with E-state index in [4.69, 9.17) is 4.74 Å². The molecule has 3 heteroatoms. The summed E-state index contributed by atoms with van der Waals surface area (Å²) in [4.78, 5) is 0. The van der Waals surface area contributed by atoms with E-state index in [9.17, 15) is 0 Å². The van der Waals surface area contributed by atoms with Crippen LogP contribution in [0.25, 0.3) is 0 Å². The molecule has 0 atom stereocenters. The Morgan fingerprint density at radius 1 is 1.21 bits per heavy atom. The average molecular weight is 192 g/mol. The van der Waals surface area contributed by atoms with Crippen molar-refractivity contribution in [2.45, 2.75) is 12.6 Å². The van der Waals surface area contributed by atoms with Crippen molar-refractivity contribution in [3.05, 3.63) is 29.8 Å². The van der Waals surface area contributed by atoms with E-state index in [1.807, 2.05) is 12.1 Å². The zero-order valence-electron chi connectivity index (χ0n) is 8.42.